The molecule has 0 fully saturated rings. The van der Waals surface area contributed by atoms with Gasteiger partial charge in [0.25, 0.3) is 0 Å². The molecule has 0 bridgehead atoms. The number of ether oxygens (including phenoxy) is 2. The average molecular weight is 323 g/mol. The van der Waals surface area contributed by atoms with Crippen LogP contribution in [0.5, 0.6) is 11.5 Å². The van der Waals surface area contributed by atoms with Gasteiger partial charge in [0.1, 0.15) is 13.2 Å². The molecule has 1 N–H and O–H groups in total. The highest BCUT2D eigenvalue weighted by molar-refractivity contribution is 8.00. The van der Waals surface area contributed by atoms with Gasteiger partial charge in [0.15, 0.2) is 11.5 Å². The Morgan fingerprint density at radius 1 is 1.23 bits per heavy atom. The number of hydrogen-bond donors (Lipinski definition) is 1. The van der Waals surface area contributed by atoms with E-state index in [0.717, 1.165) is 35.8 Å². The molecule has 1 heterocycles. The fourth-order valence-corrected chi connectivity index (χ4v) is 2.95. The molecule has 22 heavy (non-hydrogen) atoms. The van der Waals surface area contributed by atoms with Gasteiger partial charge in [-0.05, 0) is 24.1 Å². The van der Waals surface area contributed by atoms with Crippen molar-refractivity contribution in [1.29, 1.82) is 0 Å². The first kappa shape index (κ1) is 17.0. The van der Waals surface area contributed by atoms with E-state index in [0.29, 0.717) is 19.6 Å². The summed E-state index contributed by atoms with van der Waals surface area (Å²) < 4.78 is 11.3. The van der Waals surface area contributed by atoms with Crippen LogP contribution in [0.3, 0.4) is 0 Å². The molecule has 0 saturated carbocycles. The van der Waals surface area contributed by atoms with Crippen molar-refractivity contribution in [2.45, 2.75) is 38.4 Å². The van der Waals surface area contributed by atoms with Crippen molar-refractivity contribution in [3.8, 4) is 11.5 Å². The summed E-state index contributed by atoms with van der Waals surface area (Å²) in [7, 11) is 0. The first-order chi connectivity index (χ1) is 10.4. The predicted molar refractivity (Wildman–Crippen MR) is 91.0 cm³/mol. The molecule has 0 aromatic heterocycles. The zero-order valence-electron chi connectivity index (χ0n) is 13.6. The average Bonchev–Trinajstić information content (AvgIpc) is 2.48. The number of amides is 1. The van der Waals surface area contributed by atoms with Gasteiger partial charge in [-0.2, -0.15) is 11.8 Å². The molecule has 0 saturated heterocycles. The maximum atomic E-state index is 11.9. The van der Waals surface area contributed by atoms with E-state index >= 15 is 0 Å². The zero-order valence-corrected chi connectivity index (χ0v) is 14.4. The molecule has 0 atom stereocenters. The van der Waals surface area contributed by atoms with Gasteiger partial charge < -0.3 is 14.8 Å². The van der Waals surface area contributed by atoms with Crippen molar-refractivity contribution in [2.24, 2.45) is 0 Å². The fraction of sp³-hybridized carbons (Fsp3) is 0.588. The standard InChI is InChI=1S/C17H25NO3S/c1-17(2,3)22-11-8-18-16(19)7-5-13-4-6-14-15(12-13)21-10-9-20-14/h4,6,12H,5,7-11H2,1-3H3,(H,18,19). The first-order valence-corrected chi connectivity index (χ1v) is 8.72. The fourth-order valence-electron chi connectivity index (χ4n) is 2.14. The number of nitrogens with one attached hydrogen (secondary N) is 1. The molecule has 0 spiro atoms. The van der Waals surface area contributed by atoms with E-state index in [4.69, 9.17) is 9.47 Å². The van der Waals surface area contributed by atoms with Crippen LogP contribution in [0.1, 0.15) is 32.8 Å². The minimum absolute atomic E-state index is 0.101. The van der Waals surface area contributed by atoms with Crippen LogP contribution in [-0.4, -0.2) is 36.2 Å². The minimum atomic E-state index is 0.101. The number of fused-ring (bicyclic) bond motifs is 1. The van der Waals surface area contributed by atoms with Crippen molar-refractivity contribution in [3.63, 3.8) is 0 Å². The zero-order chi connectivity index (χ0) is 16.0. The van der Waals surface area contributed by atoms with E-state index in [1.807, 2.05) is 30.0 Å². The first-order valence-electron chi connectivity index (χ1n) is 7.73. The van der Waals surface area contributed by atoms with Gasteiger partial charge >= 0.3 is 0 Å². The monoisotopic (exact) mass is 323 g/mol. The SMILES string of the molecule is CC(C)(C)SCCNC(=O)CCc1ccc2c(c1)OCCO2. The molecule has 122 valence electrons. The second kappa shape index (κ2) is 7.77. The Bertz CT molecular complexity index is 511. The third kappa shape index (κ3) is 5.79. The lowest BCUT2D eigenvalue weighted by molar-refractivity contribution is -0.120. The lowest BCUT2D eigenvalue weighted by Gasteiger charge is -2.19. The normalized spacial score (nSPS) is 13.8. The van der Waals surface area contributed by atoms with Gasteiger partial charge in [-0.25, -0.2) is 0 Å². The summed E-state index contributed by atoms with van der Waals surface area (Å²) in [6, 6.07) is 5.88. The number of benzene rings is 1. The lowest BCUT2D eigenvalue weighted by atomic mass is 10.1. The number of aryl methyl sites for hydroxylation is 1. The highest BCUT2D eigenvalue weighted by atomic mass is 32.2. The molecule has 0 unspecified atom stereocenters. The maximum Gasteiger partial charge on any atom is 0.220 e. The number of rotatable bonds is 6. The summed E-state index contributed by atoms with van der Waals surface area (Å²) in [5.41, 5.74) is 1.10. The lowest BCUT2D eigenvalue weighted by Crippen LogP contribution is -2.27. The van der Waals surface area contributed by atoms with Crippen LogP contribution in [0.4, 0.5) is 0 Å². The second-order valence-electron chi connectivity index (χ2n) is 6.29. The quantitative estimate of drug-likeness (QED) is 0.818. The summed E-state index contributed by atoms with van der Waals surface area (Å²) in [5, 5.41) is 2.97. The van der Waals surface area contributed by atoms with E-state index < -0.39 is 0 Å². The summed E-state index contributed by atoms with van der Waals surface area (Å²) in [6.45, 7) is 8.45. The van der Waals surface area contributed by atoms with Crippen molar-refractivity contribution in [2.75, 3.05) is 25.5 Å². The third-order valence-electron chi connectivity index (χ3n) is 3.21. The van der Waals surface area contributed by atoms with Gasteiger partial charge in [-0.1, -0.05) is 26.8 Å². The largest absolute Gasteiger partial charge is 0.486 e. The Balaban J connectivity index is 1.70. The molecular formula is C17H25NO3S. The number of hydrogen-bond acceptors (Lipinski definition) is 4. The van der Waals surface area contributed by atoms with E-state index in [1.54, 1.807) is 0 Å². The highest BCUT2D eigenvalue weighted by Crippen LogP contribution is 2.31. The van der Waals surface area contributed by atoms with E-state index in [-0.39, 0.29) is 10.7 Å². The molecule has 0 radical (unpaired) electrons. The third-order valence-corrected chi connectivity index (χ3v) is 4.48. The van der Waals surface area contributed by atoms with Gasteiger partial charge in [0.2, 0.25) is 5.91 Å². The van der Waals surface area contributed by atoms with E-state index in [2.05, 4.69) is 26.1 Å². The Labute approximate surface area is 137 Å². The van der Waals surface area contributed by atoms with Crippen molar-refractivity contribution < 1.29 is 14.3 Å². The van der Waals surface area contributed by atoms with Crippen LogP contribution >= 0.6 is 11.8 Å². The van der Waals surface area contributed by atoms with E-state index in [9.17, 15) is 4.79 Å². The summed E-state index contributed by atoms with van der Waals surface area (Å²) in [5.74, 6) is 2.62. The highest BCUT2D eigenvalue weighted by Gasteiger charge is 2.13. The summed E-state index contributed by atoms with van der Waals surface area (Å²) in [6.07, 6.45) is 1.22. The summed E-state index contributed by atoms with van der Waals surface area (Å²) >= 11 is 1.86. The number of thioether (sulfide) groups is 1. The van der Waals surface area contributed by atoms with Crippen LogP contribution in [-0.2, 0) is 11.2 Å². The maximum absolute atomic E-state index is 11.9. The van der Waals surface area contributed by atoms with Crippen LogP contribution in [0.2, 0.25) is 0 Å². The van der Waals surface area contributed by atoms with Crippen LogP contribution in [0.15, 0.2) is 18.2 Å². The van der Waals surface area contributed by atoms with Crippen molar-refractivity contribution in [1.82, 2.24) is 5.32 Å². The molecule has 5 heteroatoms. The molecule has 4 nitrogen and oxygen atoms in total. The molecular weight excluding hydrogens is 298 g/mol. The Morgan fingerprint density at radius 2 is 1.95 bits per heavy atom. The Hall–Kier alpha value is -1.36. The van der Waals surface area contributed by atoms with Crippen LogP contribution < -0.4 is 14.8 Å². The van der Waals surface area contributed by atoms with Gasteiger partial charge in [0, 0.05) is 23.5 Å². The number of carbonyl (C=O) groups is 1. The van der Waals surface area contributed by atoms with Gasteiger partial charge in [-0.3, -0.25) is 4.79 Å². The molecule has 1 aliphatic rings. The molecule has 1 amide bonds. The molecule has 0 aliphatic carbocycles. The second-order valence-corrected chi connectivity index (χ2v) is 8.21. The predicted octanol–water partition coefficient (Wildman–Crippen LogP) is 3.04. The Kier molecular flexibility index (Phi) is 6.00. The van der Waals surface area contributed by atoms with Crippen LogP contribution in [0, 0.1) is 0 Å². The summed E-state index contributed by atoms with van der Waals surface area (Å²) in [4.78, 5) is 11.9. The number of carbonyl (C=O) groups excluding carboxylic acids is 1. The Morgan fingerprint density at radius 3 is 2.68 bits per heavy atom. The van der Waals surface area contributed by atoms with Crippen LogP contribution in [0.25, 0.3) is 0 Å². The molecule has 1 aromatic rings. The topological polar surface area (TPSA) is 47.6 Å². The molecule has 1 aliphatic heterocycles. The molecule has 1 aromatic carbocycles. The smallest absolute Gasteiger partial charge is 0.220 e. The van der Waals surface area contributed by atoms with Crippen molar-refractivity contribution >= 4 is 17.7 Å². The van der Waals surface area contributed by atoms with Gasteiger partial charge in [-0.15, -0.1) is 0 Å². The minimum Gasteiger partial charge on any atom is -0.486 e. The molecule has 2 rings (SSSR count). The van der Waals surface area contributed by atoms with Gasteiger partial charge in [0.05, 0.1) is 0 Å². The van der Waals surface area contributed by atoms with Crippen molar-refractivity contribution in [3.05, 3.63) is 23.8 Å². The van der Waals surface area contributed by atoms with E-state index in [1.165, 1.54) is 0 Å².